The topological polar surface area (TPSA) is 46.2 Å². The summed E-state index contributed by atoms with van der Waals surface area (Å²) < 4.78 is 38.9. The van der Waals surface area contributed by atoms with E-state index in [2.05, 4.69) is 5.32 Å². The fourth-order valence-electron chi connectivity index (χ4n) is 2.73. The minimum Gasteiger partial charge on any atom is -0.351 e. The summed E-state index contributed by atoms with van der Waals surface area (Å²) >= 11 is 1.21. The quantitative estimate of drug-likeness (QED) is 0.742. The van der Waals surface area contributed by atoms with Crippen LogP contribution in [0.2, 0.25) is 0 Å². The Hall–Kier alpha value is -2.54. The maximum Gasteiger partial charge on any atom is 0.416 e. The summed E-state index contributed by atoms with van der Waals surface area (Å²) in [5, 5.41) is 2.77. The summed E-state index contributed by atoms with van der Waals surface area (Å²) in [5.74, 6) is -0.718. The summed E-state index contributed by atoms with van der Waals surface area (Å²) in [5.41, 5.74) is -0.176. The number of carbonyl (C=O) groups excluding carboxylic acids is 2. The summed E-state index contributed by atoms with van der Waals surface area (Å²) in [6, 6.07) is 11.0. The Balaban J connectivity index is 2.07. The van der Waals surface area contributed by atoms with E-state index in [9.17, 15) is 22.8 Å². The maximum absolute atomic E-state index is 13.0. The maximum atomic E-state index is 13.0. The lowest BCUT2D eigenvalue weighted by Gasteiger charge is -2.23. The van der Waals surface area contributed by atoms with Gasteiger partial charge in [-0.15, -0.1) is 11.8 Å². The average Bonchev–Trinajstić information content (AvgIpc) is 2.62. The molecule has 27 heavy (non-hydrogen) atoms. The lowest BCUT2D eigenvalue weighted by atomic mass is 9.92. The van der Waals surface area contributed by atoms with Gasteiger partial charge in [0, 0.05) is 22.1 Å². The van der Waals surface area contributed by atoms with E-state index in [1.807, 2.05) is 13.8 Å². The Kier molecular flexibility index (Phi) is 5.15. The smallest absolute Gasteiger partial charge is 0.351 e. The number of halogens is 3. The number of nitrogens with one attached hydrogen (secondary N) is 1. The van der Waals surface area contributed by atoms with Crippen LogP contribution in [0.5, 0.6) is 0 Å². The van der Waals surface area contributed by atoms with Gasteiger partial charge in [-0.2, -0.15) is 13.2 Å². The van der Waals surface area contributed by atoms with Crippen molar-refractivity contribution in [2.75, 3.05) is 5.32 Å². The molecule has 0 aromatic heterocycles. The number of anilines is 1. The van der Waals surface area contributed by atoms with Crippen LogP contribution in [0.4, 0.5) is 18.9 Å². The first kappa shape index (κ1) is 19.2. The van der Waals surface area contributed by atoms with Crippen LogP contribution in [0, 0.1) is 0 Å². The number of rotatable bonds is 4. The Bertz CT molecular complexity index is 948. The molecule has 0 bridgehead atoms. The van der Waals surface area contributed by atoms with Crippen molar-refractivity contribution in [2.24, 2.45) is 0 Å². The van der Waals surface area contributed by atoms with E-state index in [-0.39, 0.29) is 32.9 Å². The summed E-state index contributed by atoms with van der Waals surface area (Å²) in [4.78, 5) is 26.0. The van der Waals surface area contributed by atoms with E-state index in [1.165, 1.54) is 23.9 Å². The van der Waals surface area contributed by atoms with Gasteiger partial charge in [0.25, 0.3) is 0 Å². The molecule has 1 N–H and O–H groups in total. The third-order valence-electron chi connectivity index (χ3n) is 3.89. The molecule has 0 saturated heterocycles. The minimum absolute atomic E-state index is 0.0109. The molecule has 2 aromatic carbocycles. The van der Waals surface area contributed by atoms with Crippen molar-refractivity contribution in [3.63, 3.8) is 0 Å². The lowest BCUT2D eigenvalue weighted by Crippen LogP contribution is -2.25. The van der Waals surface area contributed by atoms with E-state index in [4.69, 9.17) is 0 Å². The zero-order valence-corrected chi connectivity index (χ0v) is 15.4. The molecule has 1 aliphatic carbocycles. The molecule has 0 amide bonds. The standard InChI is InChI=1S/C20H16F3NO2S/c1-11(2)27-19-16(17(25)14-8-3-4-9-15(14)18(19)26)24-13-7-5-6-12(10-13)20(21,22)23/h3-11,24H,1-2H3. The fourth-order valence-corrected chi connectivity index (χ4v) is 3.68. The van der Waals surface area contributed by atoms with Gasteiger partial charge in [-0.05, 0) is 18.2 Å². The van der Waals surface area contributed by atoms with Crippen molar-refractivity contribution < 1.29 is 22.8 Å². The third-order valence-corrected chi connectivity index (χ3v) is 4.99. The summed E-state index contributed by atoms with van der Waals surface area (Å²) in [6.45, 7) is 3.75. The SMILES string of the molecule is CC(C)SC1=C(Nc2cccc(C(F)(F)F)c2)C(=O)c2ccccc2C1=O. The van der Waals surface area contributed by atoms with Crippen molar-refractivity contribution in [1.29, 1.82) is 0 Å². The first-order chi connectivity index (χ1) is 12.7. The van der Waals surface area contributed by atoms with E-state index >= 15 is 0 Å². The molecule has 0 fully saturated rings. The zero-order valence-electron chi connectivity index (χ0n) is 14.6. The molecular weight excluding hydrogens is 375 g/mol. The number of carbonyl (C=O) groups is 2. The molecule has 140 valence electrons. The highest BCUT2D eigenvalue weighted by Gasteiger charge is 2.34. The molecule has 1 aliphatic rings. The van der Waals surface area contributed by atoms with Crippen molar-refractivity contribution >= 4 is 29.0 Å². The molecule has 0 saturated carbocycles. The van der Waals surface area contributed by atoms with Crippen LogP contribution in [0.1, 0.15) is 40.1 Å². The molecule has 3 rings (SSSR count). The predicted molar refractivity (Wildman–Crippen MR) is 99.9 cm³/mol. The van der Waals surface area contributed by atoms with Gasteiger partial charge in [0.15, 0.2) is 0 Å². The molecule has 0 spiro atoms. The number of alkyl halides is 3. The number of Topliss-reactive ketones (excluding diaryl/α,β-unsaturated/α-hetero) is 2. The van der Waals surface area contributed by atoms with Crippen molar-refractivity contribution in [3.05, 3.63) is 75.8 Å². The molecule has 2 aromatic rings. The second-order valence-corrected chi connectivity index (χ2v) is 7.86. The zero-order chi connectivity index (χ0) is 19.8. The van der Waals surface area contributed by atoms with Gasteiger partial charge in [-0.1, -0.05) is 44.2 Å². The van der Waals surface area contributed by atoms with Gasteiger partial charge in [-0.25, -0.2) is 0 Å². The molecule has 0 radical (unpaired) electrons. The van der Waals surface area contributed by atoms with Crippen LogP contribution >= 0.6 is 11.8 Å². The number of ketones is 2. The summed E-state index contributed by atoms with van der Waals surface area (Å²) in [7, 11) is 0. The average molecular weight is 391 g/mol. The molecule has 0 aliphatic heterocycles. The molecule has 0 unspecified atom stereocenters. The van der Waals surface area contributed by atoms with Gasteiger partial charge >= 0.3 is 6.18 Å². The Labute approximate surface area is 158 Å². The third kappa shape index (κ3) is 3.93. The molecular formula is C20H16F3NO2S. The monoisotopic (exact) mass is 391 g/mol. The Morgan fingerprint density at radius 1 is 0.926 bits per heavy atom. The highest BCUT2D eigenvalue weighted by Crippen LogP contribution is 2.36. The van der Waals surface area contributed by atoms with Crippen LogP contribution in [0.15, 0.2) is 59.1 Å². The molecule has 3 nitrogen and oxygen atoms in total. The normalized spacial score (nSPS) is 14.6. The van der Waals surface area contributed by atoms with Crippen LogP contribution in [-0.2, 0) is 6.18 Å². The van der Waals surface area contributed by atoms with Gasteiger partial charge in [-0.3, -0.25) is 9.59 Å². The molecule has 0 heterocycles. The first-order valence-electron chi connectivity index (χ1n) is 8.22. The highest BCUT2D eigenvalue weighted by molar-refractivity contribution is 8.04. The van der Waals surface area contributed by atoms with Gasteiger partial charge in [0.1, 0.15) is 5.70 Å². The van der Waals surface area contributed by atoms with Crippen molar-refractivity contribution in [2.45, 2.75) is 25.3 Å². The highest BCUT2D eigenvalue weighted by atomic mass is 32.2. The van der Waals surface area contributed by atoms with E-state index < -0.39 is 17.5 Å². The number of allylic oxidation sites excluding steroid dienone is 2. The largest absolute Gasteiger partial charge is 0.416 e. The van der Waals surface area contributed by atoms with E-state index in [1.54, 1.807) is 24.3 Å². The van der Waals surface area contributed by atoms with Crippen LogP contribution in [0.3, 0.4) is 0 Å². The predicted octanol–water partition coefficient (Wildman–Crippen LogP) is 5.55. The van der Waals surface area contributed by atoms with E-state index in [0.29, 0.717) is 5.56 Å². The Morgan fingerprint density at radius 2 is 1.56 bits per heavy atom. The number of benzene rings is 2. The van der Waals surface area contributed by atoms with Gasteiger partial charge < -0.3 is 5.32 Å². The van der Waals surface area contributed by atoms with Crippen molar-refractivity contribution in [3.8, 4) is 0 Å². The number of fused-ring (bicyclic) bond motifs is 1. The van der Waals surface area contributed by atoms with Crippen LogP contribution < -0.4 is 5.32 Å². The van der Waals surface area contributed by atoms with E-state index in [0.717, 1.165) is 12.1 Å². The van der Waals surface area contributed by atoms with Gasteiger partial charge in [0.05, 0.1) is 10.5 Å². The molecule has 0 atom stereocenters. The Morgan fingerprint density at radius 3 is 2.15 bits per heavy atom. The number of hydrogen-bond acceptors (Lipinski definition) is 4. The lowest BCUT2D eigenvalue weighted by molar-refractivity contribution is -0.137. The molecule has 7 heteroatoms. The second-order valence-electron chi connectivity index (χ2n) is 6.28. The van der Waals surface area contributed by atoms with Crippen LogP contribution in [0.25, 0.3) is 0 Å². The van der Waals surface area contributed by atoms with Gasteiger partial charge in [0.2, 0.25) is 11.6 Å². The number of hydrogen-bond donors (Lipinski definition) is 1. The summed E-state index contributed by atoms with van der Waals surface area (Å²) in [6.07, 6.45) is -4.50. The fraction of sp³-hybridized carbons (Fsp3) is 0.200. The van der Waals surface area contributed by atoms with Crippen LogP contribution in [-0.4, -0.2) is 16.8 Å². The second kappa shape index (κ2) is 7.23. The minimum atomic E-state index is -4.50. The first-order valence-corrected chi connectivity index (χ1v) is 9.10. The van der Waals surface area contributed by atoms with Crippen molar-refractivity contribution in [1.82, 2.24) is 0 Å². The number of thioether (sulfide) groups is 1.